The number of fused-ring (bicyclic) bond motifs is 1. The third-order valence-corrected chi connectivity index (χ3v) is 4.76. The van der Waals surface area contributed by atoms with Gasteiger partial charge in [-0.25, -0.2) is 15.5 Å². The fourth-order valence-electron chi connectivity index (χ4n) is 3.22. The molecule has 0 radical (unpaired) electrons. The molecule has 1 aliphatic carbocycles. The van der Waals surface area contributed by atoms with Crippen LogP contribution in [0.1, 0.15) is 26.3 Å². The molecule has 7 heteroatoms. The molecule has 0 amide bonds. The highest BCUT2D eigenvalue weighted by Gasteiger charge is 2.30. The Hall–Kier alpha value is -3.81. The highest BCUT2D eigenvalue weighted by molar-refractivity contribution is 6.26. The molecule has 7 N–H and O–H groups in total. The van der Waals surface area contributed by atoms with Gasteiger partial charge in [0.25, 0.3) is 0 Å². The summed E-state index contributed by atoms with van der Waals surface area (Å²) in [6.45, 7) is 0.348. The lowest BCUT2D eigenvalue weighted by Crippen LogP contribution is -2.42. The van der Waals surface area contributed by atoms with Crippen LogP contribution >= 0.6 is 0 Å². The van der Waals surface area contributed by atoms with Gasteiger partial charge in [-0.2, -0.15) is 0 Å². The average Bonchev–Trinajstić information content (AvgIpc) is 2.80. The minimum Gasteiger partial charge on any atom is -0.394 e. The SMILES string of the molecule is NC1=C(NCc2ccc(-c3ccc(F)cc3)cc2)C(=O)c2ccccc2C1=O.[NH3+]O. The van der Waals surface area contributed by atoms with Crippen molar-refractivity contribution in [2.45, 2.75) is 6.54 Å². The van der Waals surface area contributed by atoms with E-state index in [0.29, 0.717) is 17.7 Å². The van der Waals surface area contributed by atoms with Gasteiger partial charge in [-0.05, 0) is 28.8 Å². The zero-order chi connectivity index (χ0) is 21.7. The molecule has 0 saturated carbocycles. The minimum atomic E-state index is -0.343. The standard InChI is InChI=1S/C23H17FN2O2.H4NO/c24-17-11-9-16(10-12-17)15-7-5-14(6-8-15)13-26-21-20(25)22(27)18-3-1-2-4-19(18)23(21)28;1-2/h1-12,26H,13,25H2;2H,1H3/q;+1. The minimum absolute atomic E-state index is 0.0633. The van der Waals surface area contributed by atoms with Crippen LogP contribution < -0.4 is 16.9 Å². The largest absolute Gasteiger partial charge is 0.394 e. The van der Waals surface area contributed by atoms with Crippen LogP contribution in [0.4, 0.5) is 4.39 Å². The molecule has 4 rings (SSSR count). The van der Waals surface area contributed by atoms with Crippen LogP contribution in [0, 0.1) is 5.82 Å². The quantitative estimate of drug-likeness (QED) is 0.496. The number of hydrogen-bond acceptors (Lipinski definition) is 5. The van der Waals surface area contributed by atoms with Crippen LogP contribution in [-0.2, 0) is 6.54 Å². The smallest absolute Gasteiger partial charge is 0.211 e. The molecule has 3 aromatic carbocycles. The topological polar surface area (TPSA) is 120 Å². The molecular formula is C23H21FN3O3+. The van der Waals surface area contributed by atoms with Crippen molar-refractivity contribution < 1.29 is 25.1 Å². The van der Waals surface area contributed by atoms with E-state index in [4.69, 9.17) is 10.9 Å². The van der Waals surface area contributed by atoms with E-state index >= 15 is 0 Å². The molecule has 3 aromatic rings. The van der Waals surface area contributed by atoms with Gasteiger partial charge in [0.1, 0.15) is 17.2 Å². The Kier molecular flexibility index (Phi) is 6.36. The molecule has 0 heterocycles. The van der Waals surface area contributed by atoms with E-state index in [2.05, 4.69) is 11.2 Å². The molecule has 6 nitrogen and oxygen atoms in total. The Bertz CT molecular complexity index is 1110. The number of nitrogens with one attached hydrogen (secondary N) is 1. The summed E-state index contributed by atoms with van der Waals surface area (Å²) in [7, 11) is 0. The number of carbonyl (C=O) groups excluding carboxylic acids is 2. The monoisotopic (exact) mass is 406 g/mol. The summed E-state index contributed by atoms with van der Waals surface area (Å²) in [5.41, 5.74) is 9.47. The van der Waals surface area contributed by atoms with Gasteiger partial charge >= 0.3 is 0 Å². The number of halogens is 1. The summed E-state index contributed by atoms with van der Waals surface area (Å²) in [4.78, 5) is 25.1. The molecule has 152 valence electrons. The Labute approximate surface area is 172 Å². The van der Waals surface area contributed by atoms with Crippen LogP contribution in [0.5, 0.6) is 0 Å². The van der Waals surface area contributed by atoms with Crippen molar-refractivity contribution in [3.05, 3.63) is 107 Å². The zero-order valence-corrected chi connectivity index (χ0v) is 16.1. The first-order chi connectivity index (χ1) is 14.5. The first-order valence-electron chi connectivity index (χ1n) is 9.13. The molecule has 0 atom stereocenters. The van der Waals surface area contributed by atoms with Gasteiger partial charge in [0.2, 0.25) is 11.6 Å². The molecule has 0 spiro atoms. The molecule has 1 aliphatic rings. The fourth-order valence-corrected chi connectivity index (χ4v) is 3.22. The molecule has 0 saturated heterocycles. The number of benzene rings is 3. The van der Waals surface area contributed by atoms with Crippen molar-refractivity contribution in [3.63, 3.8) is 0 Å². The molecule has 0 aromatic heterocycles. The van der Waals surface area contributed by atoms with Crippen molar-refractivity contribution in [1.29, 1.82) is 0 Å². The summed E-state index contributed by atoms with van der Waals surface area (Å²) in [6, 6.07) is 20.6. The molecule has 0 fully saturated rings. The second-order valence-corrected chi connectivity index (χ2v) is 6.55. The van der Waals surface area contributed by atoms with Crippen LogP contribution in [0.15, 0.2) is 84.2 Å². The third-order valence-electron chi connectivity index (χ3n) is 4.76. The fraction of sp³-hybridized carbons (Fsp3) is 0.0435. The summed E-state index contributed by atoms with van der Waals surface area (Å²) in [5.74, 6) is 1.35. The maximum absolute atomic E-state index is 13.1. The van der Waals surface area contributed by atoms with Gasteiger partial charge in [0.15, 0.2) is 0 Å². The van der Waals surface area contributed by atoms with Crippen molar-refractivity contribution >= 4 is 11.6 Å². The van der Waals surface area contributed by atoms with Crippen molar-refractivity contribution in [1.82, 2.24) is 5.32 Å². The number of rotatable bonds is 4. The molecule has 0 bridgehead atoms. The predicted octanol–water partition coefficient (Wildman–Crippen LogP) is 2.45. The lowest BCUT2D eigenvalue weighted by Gasteiger charge is -2.19. The van der Waals surface area contributed by atoms with E-state index in [1.54, 1.807) is 36.4 Å². The van der Waals surface area contributed by atoms with E-state index in [1.807, 2.05) is 24.3 Å². The molecular weight excluding hydrogens is 385 g/mol. The number of Topliss-reactive ketones (excluding diaryl/α,β-unsaturated/α-hetero) is 2. The Balaban J connectivity index is 0.00000124. The summed E-state index contributed by atoms with van der Waals surface area (Å²) in [6.07, 6.45) is 0. The Morgan fingerprint density at radius 3 is 1.87 bits per heavy atom. The first-order valence-corrected chi connectivity index (χ1v) is 9.13. The average molecular weight is 406 g/mol. The lowest BCUT2D eigenvalue weighted by atomic mass is 9.90. The van der Waals surface area contributed by atoms with Gasteiger partial charge in [-0.1, -0.05) is 60.7 Å². The molecule has 0 aliphatic heterocycles. The second kappa shape index (κ2) is 9.13. The number of nitrogens with two attached hydrogens (primary N) is 1. The number of hydrogen-bond donors (Lipinski definition) is 4. The van der Waals surface area contributed by atoms with E-state index in [9.17, 15) is 14.0 Å². The van der Waals surface area contributed by atoms with Gasteiger partial charge in [0.05, 0.1) is 0 Å². The van der Waals surface area contributed by atoms with Gasteiger partial charge in [0, 0.05) is 17.7 Å². The third kappa shape index (κ3) is 4.12. The highest BCUT2D eigenvalue weighted by atomic mass is 19.1. The maximum atomic E-state index is 13.1. The summed E-state index contributed by atoms with van der Waals surface area (Å²) in [5, 5.41) is 9.76. The number of quaternary nitrogens is 1. The van der Waals surface area contributed by atoms with Gasteiger partial charge in [-0.15, -0.1) is 0 Å². The van der Waals surface area contributed by atoms with E-state index in [-0.39, 0.29) is 28.8 Å². The van der Waals surface area contributed by atoms with Crippen molar-refractivity contribution in [2.75, 3.05) is 0 Å². The normalized spacial score (nSPS) is 12.8. The summed E-state index contributed by atoms with van der Waals surface area (Å²) >= 11 is 0. The highest BCUT2D eigenvalue weighted by Crippen LogP contribution is 2.23. The first kappa shape index (κ1) is 20.9. The predicted molar refractivity (Wildman–Crippen MR) is 110 cm³/mol. The van der Waals surface area contributed by atoms with Gasteiger partial charge < -0.3 is 11.1 Å². The Morgan fingerprint density at radius 2 is 1.30 bits per heavy atom. The number of ketones is 2. The van der Waals surface area contributed by atoms with E-state index in [1.165, 1.54) is 12.1 Å². The van der Waals surface area contributed by atoms with Crippen molar-refractivity contribution in [2.24, 2.45) is 5.73 Å². The maximum Gasteiger partial charge on any atom is 0.211 e. The van der Waals surface area contributed by atoms with Crippen LogP contribution in [-0.4, -0.2) is 16.8 Å². The number of carbonyl (C=O) groups is 2. The summed E-state index contributed by atoms with van der Waals surface area (Å²) < 4.78 is 13.1. The molecule has 0 unspecified atom stereocenters. The lowest BCUT2D eigenvalue weighted by molar-refractivity contribution is -0.670. The second-order valence-electron chi connectivity index (χ2n) is 6.55. The van der Waals surface area contributed by atoms with Crippen LogP contribution in [0.25, 0.3) is 11.1 Å². The Morgan fingerprint density at radius 1 is 0.800 bits per heavy atom. The van der Waals surface area contributed by atoms with Crippen LogP contribution in [0.3, 0.4) is 0 Å². The van der Waals surface area contributed by atoms with Crippen LogP contribution in [0.2, 0.25) is 0 Å². The van der Waals surface area contributed by atoms with E-state index < -0.39 is 0 Å². The number of allylic oxidation sites excluding steroid dienone is 2. The van der Waals surface area contributed by atoms with E-state index in [0.717, 1.165) is 16.7 Å². The van der Waals surface area contributed by atoms with Gasteiger partial charge in [-0.3, -0.25) is 9.59 Å². The zero-order valence-electron chi connectivity index (χ0n) is 16.1. The molecule has 30 heavy (non-hydrogen) atoms. The van der Waals surface area contributed by atoms with Crippen molar-refractivity contribution in [3.8, 4) is 11.1 Å².